The number of rotatable bonds is 12. The van der Waals surface area contributed by atoms with E-state index < -0.39 is 11.0 Å². The van der Waals surface area contributed by atoms with Crippen molar-refractivity contribution in [3.8, 4) is 11.5 Å². The predicted molar refractivity (Wildman–Crippen MR) is 178 cm³/mol. The van der Waals surface area contributed by atoms with Gasteiger partial charge in [0.2, 0.25) is 0 Å². The standard InChI is InChI=1S/C36H50N2O3.2ClH/c1-25(2)23-37(20-9-4-3-6-10-26-11-7-5-8-12-26)29-17-18-36(40)31-22-28-15-16-30(39)33-32(28)35(36,34(29)41-33)19-21-38(31)24-27-13-14-27;;/h5,7-8,11-12,15-16,25,27,29,31,34,39-40H,3-4,6,9-10,13-14,17-24H2,1-2H3;2*1H/t29-,31+,34-,35-,36+;;/m0../s1. The average molecular weight is 632 g/mol. The van der Waals surface area contributed by atoms with E-state index >= 15 is 0 Å². The Morgan fingerprint density at radius 2 is 1.74 bits per heavy atom. The van der Waals surface area contributed by atoms with Crippen molar-refractivity contribution in [2.45, 2.75) is 114 Å². The van der Waals surface area contributed by atoms with Gasteiger partial charge in [-0.25, -0.2) is 0 Å². The zero-order valence-corrected chi connectivity index (χ0v) is 27.7. The Balaban J connectivity index is 0.00000184. The normalized spacial score (nSPS) is 30.4. The minimum Gasteiger partial charge on any atom is -0.504 e. The van der Waals surface area contributed by atoms with E-state index in [4.69, 9.17) is 4.74 Å². The van der Waals surface area contributed by atoms with Crippen LogP contribution in [0.25, 0.3) is 0 Å². The molecule has 7 rings (SSSR count). The maximum absolute atomic E-state index is 12.8. The summed E-state index contributed by atoms with van der Waals surface area (Å²) in [5.74, 6) is 2.31. The number of aromatic hydroxyl groups is 1. The van der Waals surface area contributed by atoms with E-state index in [1.165, 1.54) is 56.1 Å². The molecular formula is C36H52Cl2N2O3. The van der Waals surface area contributed by atoms with E-state index in [0.29, 0.717) is 11.7 Å². The Morgan fingerprint density at radius 3 is 2.49 bits per heavy atom. The number of hydrogen-bond donors (Lipinski definition) is 2. The third kappa shape index (κ3) is 5.71. The van der Waals surface area contributed by atoms with Crippen LogP contribution in [-0.4, -0.2) is 70.0 Å². The Hall–Kier alpha value is -1.50. The van der Waals surface area contributed by atoms with Crippen LogP contribution in [0, 0.1) is 11.8 Å². The molecule has 1 spiro atoms. The maximum Gasteiger partial charge on any atom is 0.165 e. The molecule has 2 saturated carbocycles. The first-order valence-electron chi connectivity index (χ1n) is 16.7. The molecule has 0 radical (unpaired) electrons. The molecule has 2 aromatic carbocycles. The molecule has 43 heavy (non-hydrogen) atoms. The number of piperidine rings is 1. The van der Waals surface area contributed by atoms with Crippen LogP contribution >= 0.6 is 24.8 Å². The first-order chi connectivity index (χ1) is 19.9. The number of phenols is 1. The number of nitrogens with zero attached hydrogens (tertiary/aromatic N) is 2. The number of ether oxygens (including phenoxy) is 1. The maximum atomic E-state index is 12.8. The van der Waals surface area contributed by atoms with E-state index in [0.717, 1.165) is 63.3 Å². The average Bonchev–Trinajstić information content (AvgIpc) is 3.70. The molecule has 5 aliphatic rings. The van der Waals surface area contributed by atoms with Gasteiger partial charge in [0.15, 0.2) is 11.5 Å². The number of unbranched alkanes of at least 4 members (excludes halogenated alkanes) is 3. The minimum atomic E-state index is -0.797. The van der Waals surface area contributed by atoms with Gasteiger partial charge in [0.05, 0.1) is 11.0 Å². The lowest BCUT2D eigenvalue weighted by Crippen LogP contribution is -2.78. The number of benzene rings is 2. The predicted octanol–water partition coefficient (Wildman–Crippen LogP) is 6.93. The smallest absolute Gasteiger partial charge is 0.165 e. The van der Waals surface area contributed by atoms with Crippen molar-refractivity contribution in [2.24, 2.45) is 11.8 Å². The number of phenolic OH excluding ortho intramolecular Hbond substituents is 1. The third-order valence-electron chi connectivity index (χ3n) is 11.3. The van der Waals surface area contributed by atoms with Gasteiger partial charge < -0.3 is 14.9 Å². The summed E-state index contributed by atoms with van der Waals surface area (Å²) >= 11 is 0. The van der Waals surface area contributed by atoms with Crippen LogP contribution in [0.1, 0.15) is 88.3 Å². The van der Waals surface area contributed by atoms with Crippen molar-refractivity contribution >= 4 is 24.8 Å². The second kappa shape index (κ2) is 13.1. The fraction of sp³-hybridized carbons (Fsp3) is 0.667. The summed E-state index contributed by atoms with van der Waals surface area (Å²) < 4.78 is 6.90. The van der Waals surface area contributed by atoms with E-state index in [1.54, 1.807) is 0 Å². The molecule has 7 heteroatoms. The third-order valence-corrected chi connectivity index (χ3v) is 11.3. The quantitative estimate of drug-likeness (QED) is 0.249. The molecule has 2 aliphatic heterocycles. The Morgan fingerprint density at radius 1 is 0.977 bits per heavy atom. The number of aryl methyl sites for hydroxylation is 1. The van der Waals surface area contributed by atoms with Crippen LogP contribution in [0.5, 0.6) is 11.5 Å². The van der Waals surface area contributed by atoms with E-state index in [2.05, 4.69) is 60.0 Å². The van der Waals surface area contributed by atoms with Gasteiger partial charge in [-0.15, -0.1) is 24.8 Å². The number of likely N-dealkylation sites (tertiary alicyclic amines) is 1. The van der Waals surface area contributed by atoms with E-state index in [-0.39, 0.29) is 48.8 Å². The molecule has 0 amide bonds. The van der Waals surface area contributed by atoms with Crippen molar-refractivity contribution in [1.82, 2.24) is 9.80 Å². The second-order valence-corrected chi connectivity index (χ2v) is 14.4. The van der Waals surface area contributed by atoms with Gasteiger partial charge in [-0.1, -0.05) is 63.1 Å². The van der Waals surface area contributed by atoms with Gasteiger partial charge in [-0.3, -0.25) is 9.80 Å². The topological polar surface area (TPSA) is 56.2 Å². The van der Waals surface area contributed by atoms with Crippen LogP contribution < -0.4 is 4.74 Å². The van der Waals surface area contributed by atoms with Crippen molar-refractivity contribution in [3.63, 3.8) is 0 Å². The number of aliphatic hydroxyl groups is 1. The van der Waals surface area contributed by atoms with Crippen molar-refractivity contribution in [2.75, 3.05) is 26.2 Å². The van der Waals surface area contributed by atoms with Crippen LogP contribution in [0.3, 0.4) is 0 Å². The molecule has 3 aliphatic carbocycles. The van der Waals surface area contributed by atoms with Gasteiger partial charge >= 0.3 is 0 Å². The highest BCUT2D eigenvalue weighted by molar-refractivity contribution is 5.85. The highest BCUT2D eigenvalue weighted by atomic mass is 35.5. The summed E-state index contributed by atoms with van der Waals surface area (Å²) in [4.78, 5) is 5.35. The summed E-state index contributed by atoms with van der Waals surface area (Å²) in [6, 6.07) is 15.2. The molecule has 238 valence electrons. The molecule has 2 aromatic rings. The van der Waals surface area contributed by atoms with E-state index in [9.17, 15) is 10.2 Å². The zero-order valence-electron chi connectivity index (χ0n) is 26.0. The van der Waals surface area contributed by atoms with Gasteiger partial charge in [0, 0.05) is 30.7 Å². The minimum absolute atomic E-state index is 0. The second-order valence-electron chi connectivity index (χ2n) is 14.4. The lowest BCUT2D eigenvalue weighted by Gasteiger charge is -2.65. The van der Waals surface area contributed by atoms with Crippen LogP contribution in [-0.2, 0) is 18.3 Å². The Bertz CT molecular complexity index is 1240. The van der Waals surface area contributed by atoms with E-state index in [1.807, 2.05) is 6.07 Å². The zero-order chi connectivity index (χ0) is 28.2. The summed E-state index contributed by atoms with van der Waals surface area (Å²) in [7, 11) is 0. The molecule has 5 atom stereocenters. The van der Waals surface area contributed by atoms with Crippen LogP contribution in [0.2, 0.25) is 0 Å². The van der Waals surface area contributed by atoms with Gasteiger partial charge in [-0.05, 0) is 99.9 Å². The molecule has 2 N–H and O–H groups in total. The summed E-state index contributed by atoms with van der Waals surface area (Å²) in [5.41, 5.74) is 2.67. The molecular weight excluding hydrogens is 579 g/mol. The van der Waals surface area contributed by atoms with Crippen molar-refractivity contribution < 1.29 is 14.9 Å². The van der Waals surface area contributed by atoms with Crippen LogP contribution in [0.15, 0.2) is 42.5 Å². The summed E-state index contributed by atoms with van der Waals surface area (Å²) in [5, 5.41) is 23.8. The van der Waals surface area contributed by atoms with Crippen LogP contribution in [0.4, 0.5) is 0 Å². The molecule has 2 heterocycles. The fourth-order valence-electron chi connectivity index (χ4n) is 9.33. The number of halogens is 2. The SMILES string of the molecule is CC(C)CN(CCCCCCc1ccccc1)[C@H]1CC[C@@]2(O)[C@H]3Cc4ccc(O)c5c4[C@@]2(CCN3CC2CC2)[C@H]1O5.Cl.Cl. The Labute approximate surface area is 271 Å². The highest BCUT2D eigenvalue weighted by Crippen LogP contribution is 2.66. The van der Waals surface area contributed by atoms with Gasteiger partial charge in [-0.2, -0.15) is 0 Å². The lowest BCUT2D eigenvalue weighted by atomic mass is 9.48. The molecule has 2 bridgehead atoms. The molecule has 5 nitrogen and oxygen atoms in total. The molecule has 0 aromatic heterocycles. The van der Waals surface area contributed by atoms with Gasteiger partial charge in [0.1, 0.15) is 6.10 Å². The van der Waals surface area contributed by atoms with Gasteiger partial charge in [0.25, 0.3) is 0 Å². The van der Waals surface area contributed by atoms with Crippen molar-refractivity contribution in [1.29, 1.82) is 0 Å². The molecule has 3 fully saturated rings. The summed E-state index contributed by atoms with van der Waals surface area (Å²) in [6.45, 7) is 8.93. The highest BCUT2D eigenvalue weighted by Gasteiger charge is 2.73. The monoisotopic (exact) mass is 630 g/mol. The first kappa shape index (κ1) is 32.9. The molecule has 0 unspecified atom stereocenters. The van der Waals surface area contributed by atoms with Crippen molar-refractivity contribution in [3.05, 3.63) is 59.2 Å². The largest absolute Gasteiger partial charge is 0.504 e. The summed E-state index contributed by atoms with van der Waals surface area (Å²) in [6.07, 6.45) is 12.3. The molecule has 1 saturated heterocycles. The Kier molecular flexibility index (Phi) is 10.0. The lowest BCUT2D eigenvalue weighted by molar-refractivity contribution is -0.201. The fourth-order valence-corrected chi connectivity index (χ4v) is 9.33. The number of hydrogen-bond acceptors (Lipinski definition) is 5. The first-order valence-corrected chi connectivity index (χ1v) is 16.7.